The Morgan fingerprint density at radius 2 is 1.80 bits per heavy atom. The molecular weight excluding hydrogens is 192 g/mol. The Balaban J connectivity index is 2.67. The lowest BCUT2D eigenvalue weighted by Crippen LogP contribution is -2.31. The maximum atomic E-state index is 11.7. The molecule has 1 rings (SSSR count). The Labute approximate surface area is 90.2 Å². The fourth-order valence-corrected chi connectivity index (χ4v) is 2.39. The van der Waals surface area contributed by atoms with Crippen LogP contribution in [0.1, 0.15) is 46.0 Å². The van der Waals surface area contributed by atoms with Gasteiger partial charge < -0.3 is 9.59 Å². The number of hydrogen-bond acceptors (Lipinski definition) is 3. The zero-order chi connectivity index (χ0) is 11.4. The van der Waals surface area contributed by atoms with Crippen molar-refractivity contribution in [2.75, 3.05) is 0 Å². The molecule has 1 fully saturated rings. The lowest BCUT2D eigenvalue weighted by molar-refractivity contribution is -0.132. The summed E-state index contributed by atoms with van der Waals surface area (Å²) < 4.78 is 0. The Kier molecular flexibility index (Phi) is 4.18. The molecule has 0 radical (unpaired) electrons. The van der Waals surface area contributed by atoms with E-state index < -0.39 is 0 Å². The standard InChI is InChI=1S/C12H18O3/c1-8(13)6-10-4-3-5-12(15)11(10)7-9(2)14/h10-11H,3-7H2,1-2H3. The van der Waals surface area contributed by atoms with E-state index in [9.17, 15) is 14.4 Å². The maximum Gasteiger partial charge on any atom is 0.136 e. The predicted octanol–water partition coefficient (Wildman–Crippen LogP) is 1.93. The van der Waals surface area contributed by atoms with Crippen LogP contribution in [0, 0.1) is 11.8 Å². The van der Waals surface area contributed by atoms with Gasteiger partial charge in [0, 0.05) is 25.2 Å². The second-order valence-corrected chi connectivity index (χ2v) is 4.54. The van der Waals surface area contributed by atoms with Crippen molar-refractivity contribution in [3.05, 3.63) is 0 Å². The fourth-order valence-electron chi connectivity index (χ4n) is 2.39. The SMILES string of the molecule is CC(=O)CC1CCCC(=O)C1CC(C)=O. The fraction of sp³-hybridized carbons (Fsp3) is 0.750. The largest absolute Gasteiger partial charge is 0.300 e. The Morgan fingerprint density at radius 3 is 2.33 bits per heavy atom. The second-order valence-electron chi connectivity index (χ2n) is 4.54. The van der Waals surface area contributed by atoms with Crippen molar-refractivity contribution < 1.29 is 14.4 Å². The molecule has 0 aliphatic heterocycles. The van der Waals surface area contributed by atoms with Gasteiger partial charge in [-0.15, -0.1) is 0 Å². The molecule has 0 heterocycles. The number of Topliss-reactive ketones (excluding diaryl/α,β-unsaturated/α-hetero) is 3. The van der Waals surface area contributed by atoms with E-state index >= 15 is 0 Å². The van der Waals surface area contributed by atoms with Crippen LogP contribution in [0.3, 0.4) is 0 Å². The molecule has 1 aliphatic rings. The van der Waals surface area contributed by atoms with Gasteiger partial charge in [0.05, 0.1) is 0 Å². The smallest absolute Gasteiger partial charge is 0.136 e. The van der Waals surface area contributed by atoms with Crippen molar-refractivity contribution in [2.45, 2.75) is 46.0 Å². The first-order chi connectivity index (χ1) is 7.00. The van der Waals surface area contributed by atoms with Gasteiger partial charge in [0.1, 0.15) is 17.3 Å². The topological polar surface area (TPSA) is 51.2 Å². The van der Waals surface area contributed by atoms with Crippen molar-refractivity contribution >= 4 is 17.3 Å². The minimum atomic E-state index is -0.194. The molecular formula is C12H18O3. The zero-order valence-electron chi connectivity index (χ0n) is 9.41. The van der Waals surface area contributed by atoms with Crippen LogP contribution in [0.4, 0.5) is 0 Å². The first kappa shape index (κ1) is 12.1. The van der Waals surface area contributed by atoms with E-state index in [1.54, 1.807) is 6.92 Å². The van der Waals surface area contributed by atoms with Gasteiger partial charge in [-0.25, -0.2) is 0 Å². The van der Waals surface area contributed by atoms with Gasteiger partial charge in [-0.2, -0.15) is 0 Å². The highest BCUT2D eigenvalue weighted by molar-refractivity contribution is 5.88. The third kappa shape index (κ3) is 3.57. The third-order valence-corrected chi connectivity index (χ3v) is 3.04. The van der Waals surface area contributed by atoms with Gasteiger partial charge in [0.15, 0.2) is 0 Å². The van der Waals surface area contributed by atoms with Crippen LogP contribution < -0.4 is 0 Å². The Bertz CT molecular complexity index is 281. The van der Waals surface area contributed by atoms with E-state index in [1.807, 2.05) is 0 Å². The first-order valence-electron chi connectivity index (χ1n) is 5.52. The highest BCUT2D eigenvalue weighted by Crippen LogP contribution is 2.32. The van der Waals surface area contributed by atoms with Gasteiger partial charge in [-0.05, 0) is 32.6 Å². The molecule has 0 amide bonds. The van der Waals surface area contributed by atoms with Gasteiger partial charge in [0.2, 0.25) is 0 Å². The molecule has 0 saturated heterocycles. The molecule has 0 N–H and O–H groups in total. The zero-order valence-corrected chi connectivity index (χ0v) is 9.41. The van der Waals surface area contributed by atoms with Crippen molar-refractivity contribution in [1.29, 1.82) is 0 Å². The minimum Gasteiger partial charge on any atom is -0.300 e. The first-order valence-corrected chi connectivity index (χ1v) is 5.52. The summed E-state index contributed by atoms with van der Waals surface area (Å²) in [6, 6.07) is 0. The van der Waals surface area contributed by atoms with Crippen molar-refractivity contribution in [2.24, 2.45) is 11.8 Å². The van der Waals surface area contributed by atoms with E-state index in [1.165, 1.54) is 6.92 Å². The van der Waals surface area contributed by atoms with Crippen molar-refractivity contribution in [3.63, 3.8) is 0 Å². The van der Waals surface area contributed by atoms with Crippen LogP contribution in [0.25, 0.3) is 0 Å². The van der Waals surface area contributed by atoms with Gasteiger partial charge in [0.25, 0.3) is 0 Å². The normalized spacial score (nSPS) is 26.4. The number of ketones is 3. The van der Waals surface area contributed by atoms with E-state index in [4.69, 9.17) is 0 Å². The van der Waals surface area contributed by atoms with Crippen LogP contribution in [0.2, 0.25) is 0 Å². The molecule has 84 valence electrons. The van der Waals surface area contributed by atoms with Crippen LogP contribution in [-0.2, 0) is 14.4 Å². The molecule has 1 saturated carbocycles. The summed E-state index contributed by atoms with van der Waals surface area (Å²) in [5, 5.41) is 0. The summed E-state index contributed by atoms with van der Waals surface area (Å²) in [5.41, 5.74) is 0. The van der Waals surface area contributed by atoms with E-state index in [0.717, 1.165) is 12.8 Å². The molecule has 2 atom stereocenters. The summed E-state index contributed by atoms with van der Waals surface area (Å²) in [4.78, 5) is 33.8. The second kappa shape index (κ2) is 5.19. The number of carbonyl (C=O) groups is 3. The lowest BCUT2D eigenvalue weighted by Gasteiger charge is -2.29. The summed E-state index contributed by atoms with van der Waals surface area (Å²) >= 11 is 0. The molecule has 3 nitrogen and oxygen atoms in total. The number of hydrogen-bond donors (Lipinski definition) is 0. The molecule has 0 spiro atoms. The van der Waals surface area contributed by atoms with E-state index in [0.29, 0.717) is 19.3 Å². The molecule has 1 aliphatic carbocycles. The van der Waals surface area contributed by atoms with Gasteiger partial charge in [-0.1, -0.05) is 0 Å². The summed E-state index contributed by atoms with van der Waals surface area (Å²) in [7, 11) is 0. The van der Waals surface area contributed by atoms with Crippen LogP contribution in [-0.4, -0.2) is 17.3 Å². The molecule has 0 aromatic carbocycles. The van der Waals surface area contributed by atoms with Crippen LogP contribution in [0.5, 0.6) is 0 Å². The maximum absolute atomic E-state index is 11.7. The summed E-state index contributed by atoms with van der Waals surface area (Å²) in [6.07, 6.45) is 3.11. The highest BCUT2D eigenvalue weighted by atomic mass is 16.1. The van der Waals surface area contributed by atoms with Gasteiger partial charge in [-0.3, -0.25) is 4.79 Å². The number of carbonyl (C=O) groups excluding carboxylic acids is 3. The molecule has 2 unspecified atom stereocenters. The summed E-state index contributed by atoms with van der Waals surface area (Å²) in [6.45, 7) is 3.05. The molecule has 3 heteroatoms. The average Bonchev–Trinajstić information content (AvgIpc) is 2.09. The van der Waals surface area contributed by atoms with Crippen molar-refractivity contribution in [1.82, 2.24) is 0 Å². The molecule has 15 heavy (non-hydrogen) atoms. The summed E-state index contributed by atoms with van der Waals surface area (Å²) in [5.74, 6) is 0.238. The third-order valence-electron chi connectivity index (χ3n) is 3.04. The van der Waals surface area contributed by atoms with E-state index in [-0.39, 0.29) is 29.2 Å². The van der Waals surface area contributed by atoms with Crippen LogP contribution >= 0.6 is 0 Å². The average molecular weight is 210 g/mol. The monoisotopic (exact) mass is 210 g/mol. The lowest BCUT2D eigenvalue weighted by atomic mass is 9.74. The Morgan fingerprint density at radius 1 is 1.20 bits per heavy atom. The number of rotatable bonds is 4. The molecule has 0 bridgehead atoms. The van der Waals surface area contributed by atoms with Crippen molar-refractivity contribution in [3.8, 4) is 0 Å². The Hall–Kier alpha value is -0.990. The van der Waals surface area contributed by atoms with Gasteiger partial charge >= 0.3 is 0 Å². The van der Waals surface area contributed by atoms with E-state index in [2.05, 4.69) is 0 Å². The molecule has 0 aromatic rings. The molecule has 0 aromatic heterocycles. The minimum absolute atomic E-state index is 0.0452. The predicted molar refractivity (Wildman–Crippen MR) is 56.4 cm³/mol. The quantitative estimate of drug-likeness (QED) is 0.712. The highest BCUT2D eigenvalue weighted by Gasteiger charge is 2.32. The van der Waals surface area contributed by atoms with Crippen LogP contribution in [0.15, 0.2) is 0 Å².